The van der Waals surface area contributed by atoms with E-state index in [1.54, 1.807) is 0 Å². The topological polar surface area (TPSA) is 55.6 Å². The van der Waals surface area contributed by atoms with Crippen molar-refractivity contribution in [3.05, 3.63) is 0 Å². The molecule has 0 spiro atoms. The normalized spacial score (nSPS) is 27.8. The molecule has 4 nitrogen and oxygen atoms in total. The van der Waals surface area contributed by atoms with Gasteiger partial charge in [0.05, 0.1) is 12.1 Å². The highest BCUT2D eigenvalue weighted by Crippen LogP contribution is 2.39. The third kappa shape index (κ3) is 2.80. The van der Waals surface area contributed by atoms with Gasteiger partial charge in [-0.1, -0.05) is 0 Å². The number of carbonyl (C=O) groups is 1. The number of nitrogens with zero attached hydrogens (tertiary/aromatic N) is 1. The third-order valence-corrected chi connectivity index (χ3v) is 4.06. The Morgan fingerprint density at radius 2 is 2.18 bits per heavy atom. The van der Waals surface area contributed by atoms with Crippen molar-refractivity contribution in [2.24, 2.45) is 17.6 Å². The molecule has 0 aromatic carbocycles. The van der Waals surface area contributed by atoms with E-state index in [2.05, 4.69) is 0 Å². The molecule has 0 radical (unpaired) electrons. The average molecular weight is 240 g/mol. The van der Waals surface area contributed by atoms with Crippen LogP contribution in [0.4, 0.5) is 0 Å². The lowest BCUT2D eigenvalue weighted by Gasteiger charge is -2.32. The fraction of sp³-hybridized carbons (Fsp3) is 0.923. The fourth-order valence-electron chi connectivity index (χ4n) is 2.59. The minimum absolute atomic E-state index is 0.120. The Balaban J connectivity index is 1.94. The van der Waals surface area contributed by atoms with E-state index in [0.29, 0.717) is 11.8 Å². The van der Waals surface area contributed by atoms with Gasteiger partial charge in [-0.2, -0.15) is 0 Å². The maximum Gasteiger partial charge on any atom is 0.242 e. The summed E-state index contributed by atoms with van der Waals surface area (Å²) in [6, 6.07) is 0. The Morgan fingerprint density at radius 3 is 2.65 bits per heavy atom. The molecule has 1 saturated heterocycles. The Morgan fingerprint density at radius 1 is 1.47 bits per heavy atom. The van der Waals surface area contributed by atoms with Crippen LogP contribution in [0.3, 0.4) is 0 Å². The van der Waals surface area contributed by atoms with E-state index in [9.17, 15) is 4.79 Å². The molecule has 17 heavy (non-hydrogen) atoms. The van der Waals surface area contributed by atoms with Crippen LogP contribution in [0.5, 0.6) is 0 Å². The maximum absolute atomic E-state index is 12.4. The molecule has 0 aromatic rings. The summed E-state index contributed by atoms with van der Waals surface area (Å²) < 4.78 is 5.36. The molecule has 98 valence electrons. The molecule has 1 aliphatic carbocycles. The van der Waals surface area contributed by atoms with Crippen LogP contribution in [0.2, 0.25) is 0 Å². The van der Waals surface area contributed by atoms with Crippen molar-refractivity contribution in [3.8, 4) is 0 Å². The standard InChI is InChI=1S/C13H24N2O2/c1-3-15(8-10-6-7-17-9-10)12(16)13(2,14)11-4-5-11/h10-11H,3-9,14H2,1-2H3. The van der Waals surface area contributed by atoms with Crippen LogP contribution < -0.4 is 5.73 Å². The molecule has 0 aromatic heterocycles. The smallest absolute Gasteiger partial charge is 0.242 e. The van der Waals surface area contributed by atoms with E-state index in [1.807, 2.05) is 18.7 Å². The van der Waals surface area contributed by atoms with Gasteiger partial charge in [0.25, 0.3) is 0 Å². The summed E-state index contributed by atoms with van der Waals surface area (Å²) in [4.78, 5) is 14.3. The van der Waals surface area contributed by atoms with Crippen LogP contribution >= 0.6 is 0 Å². The van der Waals surface area contributed by atoms with E-state index in [-0.39, 0.29) is 5.91 Å². The summed E-state index contributed by atoms with van der Waals surface area (Å²) in [6.07, 6.45) is 3.26. The molecule has 2 rings (SSSR count). The Labute approximate surface area is 103 Å². The van der Waals surface area contributed by atoms with E-state index >= 15 is 0 Å². The highest BCUT2D eigenvalue weighted by molar-refractivity contribution is 5.86. The monoisotopic (exact) mass is 240 g/mol. The molecule has 1 heterocycles. The van der Waals surface area contributed by atoms with E-state index in [0.717, 1.165) is 45.6 Å². The van der Waals surface area contributed by atoms with Gasteiger partial charge in [-0.15, -0.1) is 0 Å². The van der Waals surface area contributed by atoms with Crippen molar-refractivity contribution < 1.29 is 9.53 Å². The van der Waals surface area contributed by atoms with Crippen LogP contribution in [0, 0.1) is 11.8 Å². The first kappa shape index (κ1) is 12.8. The summed E-state index contributed by atoms with van der Waals surface area (Å²) in [5, 5.41) is 0. The highest BCUT2D eigenvalue weighted by Gasteiger charge is 2.45. The quantitative estimate of drug-likeness (QED) is 0.780. The third-order valence-electron chi connectivity index (χ3n) is 4.06. The molecular weight excluding hydrogens is 216 g/mol. The predicted octanol–water partition coefficient (Wildman–Crippen LogP) is 0.999. The molecule has 2 aliphatic rings. The van der Waals surface area contributed by atoms with Crippen molar-refractivity contribution >= 4 is 5.91 Å². The van der Waals surface area contributed by atoms with E-state index in [4.69, 9.17) is 10.5 Å². The van der Waals surface area contributed by atoms with Crippen molar-refractivity contribution in [2.75, 3.05) is 26.3 Å². The maximum atomic E-state index is 12.4. The molecule has 1 saturated carbocycles. The van der Waals surface area contributed by atoms with Gasteiger partial charge >= 0.3 is 0 Å². The number of ether oxygens (including phenoxy) is 1. The lowest BCUT2D eigenvalue weighted by atomic mass is 9.94. The van der Waals surface area contributed by atoms with Crippen LogP contribution in [0.15, 0.2) is 0 Å². The van der Waals surface area contributed by atoms with E-state index < -0.39 is 5.54 Å². The largest absolute Gasteiger partial charge is 0.381 e. The van der Waals surface area contributed by atoms with Gasteiger partial charge in [0.15, 0.2) is 0 Å². The van der Waals surface area contributed by atoms with Crippen LogP contribution in [0.1, 0.15) is 33.1 Å². The minimum atomic E-state index is -0.657. The molecule has 2 N–H and O–H groups in total. The number of hydrogen-bond donors (Lipinski definition) is 1. The number of hydrogen-bond acceptors (Lipinski definition) is 3. The second-order valence-corrected chi connectivity index (χ2v) is 5.63. The Hall–Kier alpha value is -0.610. The Bertz CT molecular complexity index is 281. The fourth-order valence-corrected chi connectivity index (χ4v) is 2.59. The average Bonchev–Trinajstić information content (AvgIpc) is 3.05. The van der Waals surface area contributed by atoms with Crippen molar-refractivity contribution in [3.63, 3.8) is 0 Å². The summed E-state index contributed by atoms with van der Waals surface area (Å²) in [5.74, 6) is 1.01. The first-order chi connectivity index (χ1) is 8.05. The second-order valence-electron chi connectivity index (χ2n) is 5.63. The number of carbonyl (C=O) groups excluding carboxylic acids is 1. The van der Waals surface area contributed by atoms with Crippen molar-refractivity contribution in [1.82, 2.24) is 4.90 Å². The van der Waals surface area contributed by atoms with E-state index in [1.165, 1.54) is 0 Å². The number of nitrogens with two attached hydrogens (primary N) is 1. The van der Waals surface area contributed by atoms with Gasteiger partial charge < -0.3 is 15.4 Å². The first-order valence-corrected chi connectivity index (χ1v) is 6.71. The van der Waals surface area contributed by atoms with Gasteiger partial charge in [-0.05, 0) is 39.0 Å². The first-order valence-electron chi connectivity index (χ1n) is 6.71. The Kier molecular flexibility index (Phi) is 3.73. The van der Waals surface area contributed by atoms with Crippen LogP contribution in [0.25, 0.3) is 0 Å². The zero-order chi connectivity index (χ0) is 12.5. The minimum Gasteiger partial charge on any atom is -0.381 e. The van der Waals surface area contributed by atoms with Gasteiger partial charge in [0.1, 0.15) is 0 Å². The van der Waals surface area contributed by atoms with Gasteiger partial charge in [0.2, 0.25) is 5.91 Å². The van der Waals surface area contributed by atoms with Gasteiger partial charge in [0, 0.05) is 25.6 Å². The SMILES string of the molecule is CCN(CC1CCOC1)C(=O)C(C)(N)C1CC1. The number of likely N-dealkylation sites (N-methyl/N-ethyl adjacent to an activating group) is 1. The zero-order valence-corrected chi connectivity index (χ0v) is 10.9. The lowest BCUT2D eigenvalue weighted by molar-refractivity contribution is -0.137. The summed E-state index contributed by atoms with van der Waals surface area (Å²) in [7, 11) is 0. The number of rotatable bonds is 5. The van der Waals surface area contributed by atoms with Crippen molar-refractivity contribution in [2.45, 2.75) is 38.6 Å². The predicted molar refractivity (Wildman–Crippen MR) is 66.5 cm³/mol. The molecule has 1 aliphatic heterocycles. The van der Waals surface area contributed by atoms with Crippen molar-refractivity contribution in [1.29, 1.82) is 0 Å². The highest BCUT2D eigenvalue weighted by atomic mass is 16.5. The summed E-state index contributed by atoms with van der Waals surface area (Å²) in [6.45, 7) is 7.08. The summed E-state index contributed by atoms with van der Waals surface area (Å²) in [5.41, 5.74) is 5.54. The molecule has 2 unspecified atom stereocenters. The molecule has 0 bridgehead atoms. The molecule has 1 amide bonds. The van der Waals surface area contributed by atoms with Gasteiger partial charge in [-0.25, -0.2) is 0 Å². The number of amides is 1. The van der Waals surface area contributed by atoms with Gasteiger partial charge in [-0.3, -0.25) is 4.79 Å². The summed E-state index contributed by atoms with van der Waals surface area (Å²) >= 11 is 0. The molecular formula is C13H24N2O2. The molecule has 2 atom stereocenters. The second kappa shape index (κ2) is 4.94. The molecule has 4 heteroatoms. The lowest BCUT2D eigenvalue weighted by Crippen LogP contribution is -2.55. The molecule has 2 fully saturated rings. The van der Waals surface area contributed by atoms with Crippen LogP contribution in [-0.2, 0) is 9.53 Å². The zero-order valence-electron chi connectivity index (χ0n) is 10.9. The van der Waals surface area contributed by atoms with Crippen LogP contribution in [-0.4, -0.2) is 42.6 Å².